The molecule has 6 nitrogen and oxygen atoms in total. The van der Waals surface area contributed by atoms with Gasteiger partial charge in [-0.05, 0) is 26.3 Å². The molecule has 7 heteroatoms. The van der Waals surface area contributed by atoms with Crippen LogP contribution in [0.25, 0.3) is 0 Å². The third-order valence-corrected chi connectivity index (χ3v) is 3.69. The van der Waals surface area contributed by atoms with Crippen LogP contribution < -0.4 is 5.32 Å². The molecule has 2 N–H and O–H groups in total. The van der Waals surface area contributed by atoms with E-state index in [-0.39, 0.29) is 10.8 Å². The molecule has 1 aromatic heterocycles. The molecule has 0 aliphatic rings. The van der Waals surface area contributed by atoms with Gasteiger partial charge in [0.15, 0.2) is 10.8 Å². The summed E-state index contributed by atoms with van der Waals surface area (Å²) < 4.78 is 5.14. The lowest BCUT2D eigenvalue weighted by atomic mass is 10.1. The summed E-state index contributed by atoms with van der Waals surface area (Å²) in [5.41, 5.74) is 0.288. The number of benzene rings is 1. The first-order valence-electron chi connectivity index (χ1n) is 7.01. The van der Waals surface area contributed by atoms with Gasteiger partial charge in [0.1, 0.15) is 5.60 Å². The molecule has 2 aromatic rings. The number of amides is 1. The normalized spacial score (nSPS) is 11.1. The molecular weight excluding hydrogens is 316 g/mol. The highest BCUT2D eigenvalue weighted by Crippen LogP contribution is 2.26. The van der Waals surface area contributed by atoms with Gasteiger partial charge >= 0.3 is 12.1 Å². The molecule has 1 aromatic carbocycles. The smallest absolute Gasteiger partial charge is 0.413 e. The standard InChI is InChI=1S/C16H18N2O4S/c1-16(2,3)22-15(21)18-14-17-12(13(19)20)11(23-14)9-10-7-5-4-6-8-10/h4-8H,9H2,1-3H3,(H,19,20)(H,17,18,21). The van der Waals surface area contributed by atoms with E-state index < -0.39 is 17.7 Å². The number of carbonyl (C=O) groups excluding carboxylic acids is 1. The second-order valence-electron chi connectivity index (χ2n) is 5.89. The van der Waals surface area contributed by atoms with Crippen molar-refractivity contribution < 1.29 is 19.4 Å². The van der Waals surface area contributed by atoms with Crippen LogP contribution in [0.5, 0.6) is 0 Å². The van der Waals surface area contributed by atoms with Crippen LogP contribution in [-0.4, -0.2) is 27.8 Å². The van der Waals surface area contributed by atoms with Crippen LogP contribution in [0.3, 0.4) is 0 Å². The van der Waals surface area contributed by atoms with E-state index in [2.05, 4.69) is 10.3 Å². The van der Waals surface area contributed by atoms with Gasteiger partial charge in [0.05, 0.1) is 0 Å². The lowest BCUT2D eigenvalue weighted by molar-refractivity contribution is 0.0632. The molecule has 1 amide bonds. The zero-order valence-electron chi connectivity index (χ0n) is 13.1. The van der Waals surface area contributed by atoms with E-state index >= 15 is 0 Å². The number of hydrogen-bond donors (Lipinski definition) is 2. The molecule has 0 aliphatic heterocycles. The van der Waals surface area contributed by atoms with Crippen molar-refractivity contribution in [2.24, 2.45) is 0 Å². The molecule has 0 saturated heterocycles. The minimum absolute atomic E-state index is 0.0510. The number of carboxylic acids is 1. The number of nitrogens with zero attached hydrogens (tertiary/aromatic N) is 1. The van der Waals surface area contributed by atoms with Gasteiger partial charge in [0.2, 0.25) is 0 Å². The Hall–Kier alpha value is -2.41. The van der Waals surface area contributed by atoms with E-state index in [4.69, 9.17) is 4.74 Å². The van der Waals surface area contributed by atoms with Gasteiger partial charge in [0.25, 0.3) is 0 Å². The molecular formula is C16H18N2O4S. The van der Waals surface area contributed by atoms with E-state index in [1.807, 2.05) is 30.3 Å². The number of aromatic carboxylic acids is 1. The molecule has 0 spiro atoms. The summed E-state index contributed by atoms with van der Waals surface area (Å²) in [4.78, 5) is 27.7. The average Bonchev–Trinajstić information content (AvgIpc) is 2.80. The topological polar surface area (TPSA) is 88.5 Å². The first-order valence-corrected chi connectivity index (χ1v) is 7.83. The lowest BCUT2D eigenvalue weighted by Crippen LogP contribution is -2.27. The van der Waals surface area contributed by atoms with Crippen molar-refractivity contribution in [3.05, 3.63) is 46.5 Å². The molecule has 122 valence electrons. The van der Waals surface area contributed by atoms with Crippen LogP contribution >= 0.6 is 11.3 Å². The highest BCUT2D eigenvalue weighted by Gasteiger charge is 2.21. The summed E-state index contributed by atoms with van der Waals surface area (Å²) in [6.45, 7) is 5.24. The molecule has 1 heterocycles. The third kappa shape index (κ3) is 5.07. The fourth-order valence-corrected chi connectivity index (χ4v) is 2.84. The third-order valence-electron chi connectivity index (χ3n) is 2.72. The van der Waals surface area contributed by atoms with Crippen LogP contribution in [0, 0.1) is 0 Å². The van der Waals surface area contributed by atoms with Gasteiger partial charge in [-0.1, -0.05) is 30.3 Å². The number of rotatable bonds is 4. The van der Waals surface area contributed by atoms with Crippen molar-refractivity contribution in [2.45, 2.75) is 32.8 Å². The van der Waals surface area contributed by atoms with Crippen molar-refractivity contribution in [1.82, 2.24) is 4.98 Å². The zero-order chi connectivity index (χ0) is 17.0. The summed E-state index contributed by atoms with van der Waals surface area (Å²) in [6.07, 6.45) is -0.217. The van der Waals surface area contributed by atoms with Crippen molar-refractivity contribution >= 4 is 28.5 Å². The Labute approximate surface area is 138 Å². The molecule has 23 heavy (non-hydrogen) atoms. The summed E-state index contributed by atoms with van der Waals surface area (Å²) >= 11 is 1.13. The Morgan fingerprint density at radius 3 is 2.48 bits per heavy atom. The summed E-state index contributed by atoms with van der Waals surface area (Å²) in [6, 6.07) is 9.48. The van der Waals surface area contributed by atoms with Crippen molar-refractivity contribution in [2.75, 3.05) is 5.32 Å². The quantitative estimate of drug-likeness (QED) is 0.888. The average molecular weight is 334 g/mol. The van der Waals surface area contributed by atoms with E-state index in [0.29, 0.717) is 11.3 Å². The second kappa shape index (κ2) is 6.78. The highest BCUT2D eigenvalue weighted by molar-refractivity contribution is 7.16. The van der Waals surface area contributed by atoms with Crippen LogP contribution in [0.15, 0.2) is 30.3 Å². The first kappa shape index (κ1) is 17.0. The van der Waals surface area contributed by atoms with Crippen molar-refractivity contribution in [3.63, 3.8) is 0 Å². The Morgan fingerprint density at radius 2 is 1.91 bits per heavy atom. The number of thiazole rings is 1. The molecule has 0 fully saturated rings. The zero-order valence-corrected chi connectivity index (χ0v) is 13.9. The van der Waals surface area contributed by atoms with Gasteiger partial charge in [-0.25, -0.2) is 14.6 Å². The Morgan fingerprint density at radius 1 is 1.26 bits per heavy atom. The first-order chi connectivity index (χ1) is 10.7. The number of carboxylic acid groups (broad SMARTS) is 1. The van der Waals surface area contributed by atoms with Gasteiger partial charge < -0.3 is 9.84 Å². The maximum Gasteiger partial charge on any atom is 0.413 e. The van der Waals surface area contributed by atoms with Gasteiger partial charge in [-0.15, -0.1) is 11.3 Å². The van der Waals surface area contributed by atoms with E-state index in [1.54, 1.807) is 20.8 Å². The van der Waals surface area contributed by atoms with Crippen LogP contribution in [0.4, 0.5) is 9.93 Å². The monoisotopic (exact) mass is 334 g/mol. The Balaban J connectivity index is 2.18. The van der Waals surface area contributed by atoms with Crippen LogP contribution in [0.2, 0.25) is 0 Å². The predicted molar refractivity (Wildman–Crippen MR) is 88.2 cm³/mol. The van der Waals surface area contributed by atoms with Gasteiger partial charge in [-0.3, -0.25) is 5.32 Å². The van der Waals surface area contributed by atoms with E-state index in [9.17, 15) is 14.7 Å². The molecule has 0 saturated carbocycles. The molecule has 0 aliphatic carbocycles. The van der Waals surface area contributed by atoms with Crippen LogP contribution in [0.1, 0.15) is 41.7 Å². The predicted octanol–water partition coefficient (Wildman–Crippen LogP) is 3.78. The number of carbonyl (C=O) groups is 2. The number of hydrogen-bond acceptors (Lipinski definition) is 5. The fourth-order valence-electron chi connectivity index (χ4n) is 1.86. The number of aromatic nitrogens is 1. The van der Waals surface area contributed by atoms with Crippen molar-refractivity contribution in [1.29, 1.82) is 0 Å². The molecule has 2 rings (SSSR count). The van der Waals surface area contributed by atoms with E-state index in [0.717, 1.165) is 16.9 Å². The highest BCUT2D eigenvalue weighted by atomic mass is 32.1. The molecule has 0 radical (unpaired) electrons. The van der Waals surface area contributed by atoms with E-state index in [1.165, 1.54) is 0 Å². The van der Waals surface area contributed by atoms with Gasteiger partial charge in [0, 0.05) is 11.3 Å². The minimum Gasteiger partial charge on any atom is -0.476 e. The summed E-state index contributed by atoms with van der Waals surface area (Å²) in [5, 5.41) is 12.0. The fraction of sp³-hybridized carbons (Fsp3) is 0.312. The number of ether oxygens (including phenoxy) is 1. The van der Waals surface area contributed by atoms with Crippen LogP contribution in [-0.2, 0) is 11.2 Å². The van der Waals surface area contributed by atoms with Gasteiger partial charge in [-0.2, -0.15) is 0 Å². The SMILES string of the molecule is CC(C)(C)OC(=O)Nc1nc(C(=O)O)c(Cc2ccccc2)s1. The van der Waals surface area contributed by atoms with Crippen molar-refractivity contribution in [3.8, 4) is 0 Å². The molecule has 0 bridgehead atoms. The largest absolute Gasteiger partial charge is 0.476 e. The summed E-state index contributed by atoms with van der Waals surface area (Å²) in [5.74, 6) is -1.12. The Bertz CT molecular complexity index is 705. The minimum atomic E-state index is -1.12. The summed E-state index contributed by atoms with van der Waals surface area (Å²) in [7, 11) is 0. The lowest BCUT2D eigenvalue weighted by Gasteiger charge is -2.18. The number of anilines is 1. The molecule has 0 atom stereocenters. The molecule has 0 unspecified atom stereocenters. The number of nitrogens with one attached hydrogen (secondary N) is 1. The Kier molecular flexibility index (Phi) is 5.00. The second-order valence-corrected chi connectivity index (χ2v) is 6.97. The maximum atomic E-state index is 11.8. The maximum absolute atomic E-state index is 11.8.